The smallest absolute Gasteiger partial charge is 0.236 e. The van der Waals surface area contributed by atoms with E-state index < -0.39 is 0 Å². The predicted octanol–water partition coefficient (Wildman–Crippen LogP) is 1.92. The van der Waals surface area contributed by atoms with Crippen LogP contribution < -0.4 is 0 Å². The Morgan fingerprint density at radius 1 is 0.968 bits per heavy atom. The van der Waals surface area contributed by atoms with Crippen LogP contribution in [0.4, 0.5) is 0 Å². The Hall–Kier alpha value is -2.29. The molecule has 4 rings (SSSR count). The molecule has 166 valence electrons. The van der Waals surface area contributed by atoms with Gasteiger partial charge in [0.1, 0.15) is 5.01 Å². The van der Waals surface area contributed by atoms with Crippen LogP contribution in [0, 0.1) is 0 Å². The van der Waals surface area contributed by atoms with Gasteiger partial charge in [0.15, 0.2) is 0 Å². The summed E-state index contributed by atoms with van der Waals surface area (Å²) in [6, 6.07) is 8.44. The monoisotopic (exact) mass is 442 g/mol. The molecule has 1 aromatic heterocycles. The van der Waals surface area contributed by atoms with E-state index in [1.165, 1.54) is 5.56 Å². The number of rotatable bonds is 6. The number of benzene rings is 1. The van der Waals surface area contributed by atoms with E-state index in [1.807, 2.05) is 15.2 Å². The van der Waals surface area contributed by atoms with Gasteiger partial charge in [0, 0.05) is 50.2 Å². The minimum absolute atomic E-state index is 0.0819. The average Bonchev–Trinajstić information content (AvgIpc) is 3.28. The van der Waals surface area contributed by atoms with E-state index in [-0.39, 0.29) is 11.8 Å². The fraction of sp³-hybridized carbons (Fsp3) is 0.522. The Morgan fingerprint density at radius 2 is 1.61 bits per heavy atom. The highest BCUT2D eigenvalue weighted by Gasteiger charge is 2.26. The molecule has 2 aliphatic heterocycles. The molecule has 0 unspecified atom stereocenters. The van der Waals surface area contributed by atoms with Crippen molar-refractivity contribution >= 4 is 23.2 Å². The Balaban J connectivity index is 1.25. The number of thiazole rings is 1. The molecule has 31 heavy (non-hydrogen) atoms. The van der Waals surface area contributed by atoms with Crippen molar-refractivity contribution in [1.82, 2.24) is 19.7 Å². The molecule has 2 saturated heterocycles. The Bertz CT molecular complexity index is 884. The van der Waals surface area contributed by atoms with Crippen molar-refractivity contribution in [2.45, 2.75) is 19.8 Å². The molecule has 3 heterocycles. The van der Waals surface area contributed by atoms with Crippen molar-refractivity contribution in [3.05, 3.63) is 40.9 Å². The zero-order valence-corrected chi connectivity index (χ0v) is 18.9. The van der Waals surface area contributed by atoms with E-state index in [2.05, 4.69) is 41.1 Å². The van der Waals surface area contributed by atoms with Gasteiger partial charge in [-0.25, -0.2) is 4.98 Å². The van der Waals surface area contributed by atoms with Gasteiger partial charge in [-0.1, -0.05) is 31.2 Å². The number of morpholine rings is 1. The maximum atomic E-state index is 12.8. The van der Waals surface area contributed by atoms with Crippen LogP contribution in [-0.4, -0.2) is 90.5 Å². The second kappa shape index (κ2) is 10.3. The summed E-state index contributed by atoms with van der Waals surface area (Å²) in [6.07, 6.45) is 1.33. The third-order valence-electron chi connectivity index (χ3n) is 5.94. The maximum Gasteiger partial charge on any atom is 0.236 e. The third kappa shape index (κ3) is 5.70. The van der Waals surface area contributed by atoms with Gasteiger partial charge < -0.3 is 14.5 Å². The molecule has 0 bridgehead atoms. The fourth-order valence-electron chi connectivity index (χ4n) is 3.93. The minimum atomic E-state index is 0.0819. The lowest BCUT2D eigenvalue weighted by molar-refractivity contribution is -0.140. The summed E-state index contributed by atoms with van der Waals surface area (Å²) in [5.74, 6) is 0.227. The second-order valence-corrected chi connectivity index (χ2v) is 8.88. The lowest BCUT2D eigenvalue weighted by Crippen LogP contribution is -2.53. The van der Waals surface area contributed by atoms with E-state index in [4.69, 9.17) is 4.74 Å². The molecule has 0 spiro atoms. The van der Waals surface area contributed by atoms with Crippen LogP contribution >= 0.6 is 11.3 Å². The normalized spacial score (nSPS) is 17.7. The Labute approximate surface area is 187 Å². The zero-order valence-electron chi connectivity index (χ0n) is 18.1. The lowest BCUT2D eigenvalue weighted by atomic mass is 10.1. The maximum absolute atomic E-state index is 12.8. The number of piperazine rings is 1. The van der Waals surface area contributed by atoms with E-state index in [1.54, 1.807) is 11.3 Å². The summed E-state index contributed by atoms with van der Waals surface area (Å²) in [5.41, 5.74) is 3.21. The molecule has 0 N–H and O–H groups in total. The van der Waals surface area contributed by atoms with Gasteiger partial charge in [-0.05, 0) is 12.0 Å². The SMILES string of the molecule is CCc1ccc(-c2nc(CC(=O)N3CCN(C(=O)CN4CCOCC4)CC3)cs2)cc1. The zero-order chi connectivity index (χ0) is 21.6. The molecule has 2 fully saturated rings. The number of amides is 2. The summed E-state index contributed by atoms with van der Waals surface area (Å²) in [6.45, 7) is 7.95. The summed E-state index contributed by atoms with van der Waals surface area (Å²) < 4.78 is 5.34. The molecule has 7 nitrogen and oxygen atoms in total. The van der Waals surface area contributed by atoms with Crippen LogP contribution in [0.3, 0.4) is 0 Å². The van der Waals surface area contributed by atoms with Crippen molar-refractivity contribution < 1.29 is 14.3 Å². The van der Waals surface area contributed by atoms with E-state index >= 15 is 0 Å². The molecule has 0 saturated carbocycles. The molecule has 0 atom stereocenters. The number of nitrogens with zero attached hydrogens (tertiary/aromatic N) is 4. The molecule has 8 heteroatoms. The average molecular weight is 443 g/mol. The van der Waals surface area contributed by atoms with Crippen LogP contribution in [0.25, 0.3) is 10.6 Å². The number of carbonyl (C=O) groups excluding carboxylic acids is 2. The van der Waals surface area contributed by atoms with Gasteiger partial charge in [-0.2, -0.15) is 0 Å². The largest absolute Gasteiger partial charge is 0.379 e. The number of aryl methyl sites for hydroxylation is 1. The first-order valence-corrected chi connectivity index (χ1v) is 11.9. The molecule has 1 aromatic carbocycles. The Morgan fingerprint density at radius 3 is 2.26 bits per heavy atom. The topological polar surface area (TPSA) is 66.0 Å². The van der Waals surface area contributed by atoms with E-state index in [0.717, 1.165) is 35.8 Å². The van der Waals surface area contributed by atoms with E-state index in [0.29, 0.717) is 52.4 Å². The number of aromatic nitrogens is 1. The number of hydrogen-bond donors (Lipinski definition) is 0. The van der Waals surface area contributed by atoms with Crippen molar-refractivity contribution in [2.24, 2.45) is 0 Å². The van der Waals surface area contributed by atoms with Crippen LogP contribution in [0.15, 0.2) is 29.6 Å². The van der Waals surface area contributed by atoms with Crippen molar-refractivity contribution in [3.63, 3.8) is 0 Å². The Kier molecular flexibility index (Phi) is 7.32. The van der Waals surface area contributed by atoms with Gasteiger partial charge in [0.05, 0.1) is 31.9 Å². The van der Waals surface area contributed by atoms with Gasteiger partial charge in [0.25, 0.3) is 0 Å². The third-order valence-corrected chi connectivity index (χ3v) is 6.88. The van der Waals surface area contributed by atoms with Crippen LogP contribution in [-0.2, 0) is 27.2 Å². The highest BCUT2D eigenvalue weighted by Crippen LogP contribution is 2.24. The van der Waals surface area contributed by atoms with E-state index in [9.17, 15) is 9.59 Å². The van der Waals surface area contributed by atoms with Crippen LogP contribution in [0.2, 0.25) is 0 Å². The summed E-state index contributed by atoms with van der Waals surface area (Å²) in [4.78, 5) is 35.8. The summed E-state index contributed by atoms with van der Waals surface area (Å²) in [7, 11) is 0. The molecule has 0 aliphatic carbocycles. The van der Waals surface area contributed by atoms with Crippen LogP contribution in [0.5, 0.6) is 0 Å². The fourth-order valence-corrected chi connectivity index (χ4v) is 4.75. The molecular weight excluding hydrogens is 412 g/mol. The predicted molar refractivity (Wildman–Crippen MR) is 121 cm³/mol. The highest BCUT2D eigenvalue weighted by atomic mass is 32.1. The number of ether oxygens (including phenoxy) is 1. The van der Waals surface area contributed by atoms with Crippen molar-refractivity contribution in [3.8, 4) is 10.6 Å². The van der Waals surface area contributed by atoms with Gasteiger partial charge in [-0.3, -0.25) is 14.5 Å². The summed E-state index contributed by atoms with van der Waals surface area (Å²) in [5, 5.41) is 2.92. The van der Waals surface area contributed by atoms with Gasteiger partial charge >= 0.3 is 0 Å². The molecule has 2 aromatic rings. The van der Waals surface area contributed by atoms with Gasteiger partial charge in [-0.15, -0.1) is 11.3 Å². The van der Waals surface area contributed by atoms with Crippen molar-refractivity contribution in [2.75, 3.05) is 59.0 Å². The first-order chi connectivity index (χ1) is 15.1. The lowest BCUT2D eigenvalue weighted by Gasteiger charge is -2.36. The van der Waals surface area contributed by atoms with Gasteiger partial charge in [0.2, 0.25) is 11.8 Å². The number of hydrogen-bond acceptors (Lipinski definition) is 6. The molecule has 2 amide bonds. The second-order valence-electron chi connectivity index (χ2n) is 8.02. The first-order valence-electron chi connectivity index (χ1n) is 11.0. The van der Waals surface area contributed by atoms with Crippen molar-refractivity contribution in [1.29, 1.82) is 0 Å². The highest BCUT2D eigenvalue weighted by molar-refractivity contribution is 7.13. The van der Waals surface area contributed by atoms with Crippen LogP contribution in [0.1, 0.15) is 18.2 Å². The summed E-state index contributed by atoms with van der Waals surface area (Å²) >= 11 is 1.58. The number of carbonyl (C=O) groups is 2. The standard InChI is InChI=1S/C23H30N4O3S/c1-2-18-3-5-19(6-4-18)23-24-20(17-31-23)15-21(28)26-7-9-27(10-8-26)22(29)16-25-11-13-30-14-12-25/h3-6,17H,2,7-16H2,1H3. The molecule has 2 aliphatic rings. The molecule has 0 radical (unpaired) electrons. The molecular formula is C23H30N4O3S. The first kappa shape index (κ1) is 21.9. The quantitative estimate of drug-likeness (QED) is 0.684. The minimum Gasteiger partial charge on any atom is -0.379 e.